The molecule has 0 unspecified atom stereocenters. The van der Waals surface area contributed by atoms with Gasteiger partial charge < -0.3 is 9.72 Å². The molecule has 0 aliphatic carbocycles. The van der Waals surface area contributed by atoms with Crippen molar-refractivity contribution in [2.75, 3.05) is 20.2 Å². The number of nitrogens with zero attached hydrogens (tertiary/aromatic N) is 2. The molecule has 1 aliphatic rings. The number of piperidine rings is 1. The van der Waals surface area contributed by atoms with Crippen LogP contribution in [0.15, 0.2) is 66.9 Å². The Kier molecular flexibility index (Phi) is 5.43. The number of aromatic nitrogens is 2. The summed E-state index contributed by atoms with van der Waals surface area (Å²) in [5.41, 5.74) is 5.10. The van der Waals surface area contributed by atoms with E-state index in [1.54, 1.807) is 19.4 Å². The van der Waals surface area contributed by atoms with Crippen molar-refractivity contribution in [3.8, 4) is 16.9 Å². The third kappa shape index (κ3) is 4.06. The molecule has 31 heavy (non-hydrogen) atoms. The van der Waals surface area contributed by atoms with Crippen molar-refractivity contribution in [1.29, 1.82) is 0 Å². The van der Waals surface area contributed by atoms with Crippen LogP contribution in [0.25, 0.3) is 22.2 Å². The number of ether oxygens (including phenoxy) is 1. The number of pyridine rings is 1. The molecule has 0 amide bonds. The maximum atomic E-state index is 14.0. The summed E-state index contributed by atoms with van der Waals surface area (Å²) in [6, 6.07) is 19.4. The number of hydrogen-bond acceptors (Lipinski definition) is 3. The first-order valence-electron chi connectivity index (χ1n) is 10.8. The molecule has 158 valence electrons. The zero-order chi connectivity index (χ0) is 21.2. The van der Waals surface area contributed by atoms with Crippen molar-refractivity contribution >= 4 is 11.0 Å². The lowest BCUT2D eigenvalue weighted by Gasteiger charge is -2.31. The first-order valence-corrected chi connectivity index (χ1v) is 10.8. The van der Waals surface area contributed by atoms with Gasteiger partial charge in [-0.3, -0.25) is 4.90 Å². The summed E-state index contributed by atoms with van der Waals surface area (Å²) in [4.78, 5) is 10.6. The molecule has 5 heteroatoms. The topological polar surface area (TPSA) is 41.1 Å². The Bertz CT molecular complexity index is 1180. The van der Waals surface area contributed by atoms with Crippen molar-refractivity contribution < 1.29 is 9.13 Å². The van der Waals surface area contributed by atoms with E-state index >= 15 is 0 Å². The summed E-state index contributed by atoms with van der Waals surface area (Å²) in [7, 11) is 1.61. The Hall–Kier alpha value is -3.18. The van der Waals surface area contributed by atoms with E-state index in [0.717, 1.165) is 54.6 Å². The number of nitrogens with one attached hydrogen (secondary N) is 1. The van der Waals surface area contributed by atoms with Crippen LogP contribution < -0.4 is 4.74 Å². The minimum Gasteiger partial charge on any atom is -0.496 e. The lowest BCUT2D eigenvalue weighted by molar-refractivity contribution is 0.203. The molecule has 4 aromatic rings. The molecular weight excluding hydrogens is 389 g/mol. The molecule has 1 aliphatic heterocycles. The average molecular weight is 416 g/mol. The van der Waals surface area contributed by atoms with E-state index in [2.05, 4.69) is 51.3 Å². The molecule has 0 bridgehead atoms. The average Bonchev–Trinajstić information content (AvgIpc) is 3.25. The molecule has 2 aromatic heterocycles. The van der Waals surface area contributed by atoms with Gasteiger partial charge in [-0.25, -0.2) is 9.37 Å². The minimum atomic E-state index is -0.276. The molecular formula is C26H26FN3O. The molecule has 2 aromatic carbocycles. The van der Waals surface area contributed by atoms with Crippen molar-refractivity contribution in [2.45, 2.75) is 25.3 Å². The fraction of sp³-hybridized carbons (Fsp3) is 0.269. The van der Waals surface area contributed by atoms with E-state index in [1.165, 1.54) is 23.4 Å². The Labute approximate surface area is 181 Å². The highest BCUT2D eigenvalue weighted by molar-refractivity contribution is 5.95. The molecule has 5 rings (SSSR count). The van der Waals surface area contributed by atoms with Gasteiger partial charge in [-0.2, -0.15) is 0 Å². The summed E-state index contributed by atoms with van der Waals surface area (Å²) in [5, 5.41) is 1.01. The van der Waals surface area contributed by atoms with Crippen LogP contribution in [0.2, 0.25) is 0 Å². The summed E-state index contributed by atoms with van der Waals surface area (Å²) in [5.74, 6) is 0.858. The Morgan fingerprint density at radius 2 is 1.84 bits per heavy atom. The van der Waals surface area contributed by atoms with Gasteiger partial charge in [0.1, 0.15) is 17.2 Å². The van der Waals surface area contributed by atoms with Crippen LogP contribution in [0.4, 0.5) is 4.39 Å². The number of benzene rings is 2. The lowest BCUT2D eigenvalue weighted by Crippen LogP contribution is -2.32. The van der Waals surface area contributed by atoms with Gasteiger partial charge in [0.15, 0.2) is 0 Å². The summed E-state index contributed by atoms with van der Waals surface area (Å²) >= 11 is 0. The largest absolute Gasteiger partial charge is 0.496 e. The number of halogens is 1. The second-order valence-electron chi connectivity index (χ2n) is 8.23. The van der Waals surface area contributed by atoms with Gasteiger partial charge >= 0.3 is 0 Å². The SMILES string of the molecule is COc1ccc(F)cc1-c1ccnc2[nH]c(C3CCN(Cc4ccccc4)CC3)cc12. The normalized spacial score (nSPS) is 15.4. The first kappa shape index (κ1) is 19.8. The Balaban J connectivity index is 1.38. The van der Waals surface area contributed by atoms with Crippen LogP contribution in [-0.4, -0.2) is 35.1 Å². The number of aromatic amines is 1. The first-order chi connectivity index (χ1) is 15.2. The zero-order valence-corrected chi connectivity index (χ0v) is 17.6. The van der Waals surface area contributed by atoms with Gasteiger partial charge in [0.2, 0.25) is 0 Å². The van der Waals surface area contributed by atoms with E-state index in [9.17, 15) is 4.39 Å². The molecule has 0 atom stereocenters. The molecule has 1 fully saturated rings. The third-order valence-corrected chi connectivity index (χ3v) is 6.28. The van der Waals surface area contributed by atoms with Gasteiger partial charge in [-0.1, -0.05) is 30.3 Å². The van der Waals surface area contributed by atoms with Gasteiger partial charge in [-0.15, -0.1) is 0 Å². The molecule has 0 spiro atoms. The van der Waals surface area contributed by atoms with Gasteiger partial charge in [0, 0.05) is 35.3 Å². The second kappa shape index (κ2) is 8.52. The number of H-pyrrole nitrogens is 1. The molecule has 0 saturated carbocycles. The quantitative estimate of drug-likeness (QED) is 0.451. The van der Waals surface area contributed by atoms with Crippen molar-refractivity contribution in [2.24, 2.45) is 0 Å². The minimum absolute atomic E-state index is 0.276. The smallest absolute Gasteiger partial charge is 0.138 e. The molecule has 1 saturated heterocycles. The van der Waals surface area contributed by atoms with E-state index < -0.39 is 0 Å². The monoisotopic (exact) mass is 415 g/mol. The van der Waals surface area contributed by atoms with Crippen LogP contribution in [0, 0.1) is 5.82 Å². The molecule has 3 heterocycles. The van der Waals surface area contributed by atoms with E-state index in [0.29, 0.717) is 11.7 Å². The standard InChI is InChI=1S/C26H26FN3O/c1-31-25-8-7-20(27)15-22(25)21-9-12-28-26-23(21)16-24(29-26)19-10-13-30(14-11-19)17-18-5-3-2-4-6-18/h2-9,12,15-16,19H,10-11,13-14,17H2,1H3,(H,28,29). The van der Waals surface area contributed by atoms with E-state index in [-0.39, 0.29) is 5.82 Å². The van der Waals surface area contributed by atoms with Crippen LogP contribution in [0.5, 0.6) is 5.75 Å². The summed E-state index contributed by atoms with van der Waals surface area (Å²) in [6.45, 7) is 3.16. The van der Waals surface area contributed by atoms with Crippen molar-refractivity contribution in [3.05, 3.63) is 83.9 Å². The summed E-state index contributed by atoms with van der Waals surface area (Å²) in [6.07, 6.45) is 3.99. The molecule has 4 nitrogen and oxygen atoms in total. The second-order valence-corrected chi connectivity index (χ2v) is 8.23. The zero-order valence-electron chi connectivity index (χ0n) is 17.6. The van der Waals surface area contributed by atoms with Gasteiger partial charge in [0.05, 0.1) is 7.11 Å². The van der Waals surface area contributed by atoms with Crippen LogP contribution in [0.3, 0.4) is 0 Å². The number of likely N-dealkylation sites (tertiary alicyclic amines) is 1. The summed E-state index contributed by atoms with van der Waals surface area (Å²) < 4.78 is 19.5. The predicted molar refractivity (Wildman–Crippen MR) is 122 cm³/mol. The lowest BCUT2D eigenvalue weighted by atomic mass is 9.93. The van der Waals surface area contributed by atoms with Crippen LogP contribution in [0.1, 0.15) is 30.0 Å². The van der Waals surface area contributed by atoms with Crippen molar-refractivity contribution in [1.82, 2.24) is 14.9 Å². The van der Waals surface area contributed by atoms with Crippen LogP contribution in [-0.2, 0) is 6.54 Å². The predicted octanol–water partition coefficient (Wildman–Crippen LogP) is 5.76. The highest BCUT2D eigenvalue weighted by Gasteiger charge is 2.23. The number of rotatable bonds is 5. The number of methoxy groups -OCH3 is 1. The van der Waals surface area contributed by atoms with Crippen LogP contribution >= 0.6 is 0 Å². The van der Waals surface area contributed by atoms with E-state index in [1.807, 2.05) is 6.07 Å². The van der Waals surface area contributed by atoms with E-state index in [4.69, 9.17) is 4.74 Å². The molecule has 0 radical (unpaired) electrons. The number of hydrogen-bond donors (Lipinski definition) is 1. The maximum absolute atomic E-state index is 14.0. The van der Waals surface area contributed by atoms with Gasteiger partial charge in [-0.05, 0) is 67.4 Å². The highest BCUT2D eigenvalue weighted by Crippen LogP contribution is 2.37. The Morgan fingerprint density at radius 3 is 2.61 bits per heavy atom. The molecule has 1 N–H and O–H groups in total. The fourth-order valence-corrected chi connectivity index (χ4v) is 4.64. The fourth-order valence-electron chi connectivity index (χ4n) is 4.64. The third-order valence-electron chi connectivity index (χ3n) is 6.28. The Morgan fingerprint density at radius 1 is 1.03 bits per heavy atom. The van der Waals surface area contributed by atoms with Crippen molar-refractivity contribution in [3.63, 3.8) is 0 Å². The highest BCUT2D eigenvalue weighted by atomic mass is 19.1. The van der Waals surface area contributed by atoms with Gasteiger partial charge in [0.25, 0.3) is 0 Å². The number of fused-ring (bicyclic) bond motifs is 1. The maximum Gasteiger partial charge on any atom is 0.138 e.